The summed E-state index contributed by atoms with van der Waals surface area (Å²) in [5.41, 5.74) is 3.50. The summed E-state index contributed by atoms with van der Waals surface area (Å²) in [6.07, 6.45) is 0.376. The van der Waals surface area contributed by atoms with Crippen LogP contribution in [0, 0.1) is 17.1 Å². The minimum Gasteiger partial charge on any atom is -0.338 e. The molecule has 0 aliphatic heterocycles. The van der Waals surface area contributed by atoms with Crippen LogP contribution in [-0.2, 0) is 6.42 Å². The fourth-order valence-electron chi connectivity index (χ4n) is 2.00. The topological polar surface area (TPSA) is 52.5 Å². The molecule has 19 heavy (non-hydrogen) atoms. The Labute approximate surface area is 109 Å². The maximum Gasteiger partial charge on any atom is 0.138 e. The van der Waals surface area contributed by atoms with E-state index in [1.165, 1.54) is 12.1 Å². The van der Waals surface area contributed by atoms with E-state index in [1.54, 1.807) is 12.1 Å². The largest absolute Gasteiger partial charge is 0.338 e. The molecule has 0 saturated carbocycles. The Morgan fingerprint density at radius 3 is 2.68 bits per heavy atom. The van der Waals surface area contributed by atoms with Gasteiger partial charge in [0, 0.05) is 5.56 Å². The van der Waals surface area contributed by atoms with Crippen molar-refractivity contribution in [3.63, 3.8) is 0 Å². The fourth-order valence-corrected chi connectivity index (χ4v) is 2.00. The summed E-state index contributed by atoms with van der Waals surface area (Å²) in [6, 6.07) is 14.0. The third kappa shape index (κ3) is 2.18. The second-order valence-electron chi connectivity index (χ2n) is 4.28. The third-order valence-corrected chi connectivity index (χ3v) is 2.95. The van der Waals surface area contributed by atoms with Gasteiger partial charge in [0.05, 0.1) is 23.5 Å². The molecule has 0 aliphatic rings. The lowest BCUT2D eigenvalue weighted by molar-refractivity contribution is 0.628. The van der Waals surface area contributed by atoms with Crippen LogP contribution in [0.25, 0.3) is 22.4 Å². The van der Waals surface area contributed by atoms with Crippen molar-refractivity contribution < 1.29 is 4.39 Å². The van der Waals surface area contributed by atoms with Gasteiger partial charge in [-0.2, -0.15) is 5.26 Å². The van der Waals surface area contributed by atoms with Crippen LogP contribution in [0.1, 0.15) is 5.56 Å². The van der Waals surface area contributed by atoms with Gasteiger partial charge in [-0.3, -0.25) is 0 Å². The van der Waals surface area contributed by atoms with Gasteiger partial charge in [0.2, 0.25) is 0 Å². The molecule has 0 radical (unpaired) electrons. The van der Waals surface area contributed by atoms with E-state index in [4.69, 9.17) is 5.26 Å². The average Bonchev–Trinajstić information content (AvgIpc) is 2.83. The number of imidazole rings is 1. The number of aromatic nitrogens is 2. The van der Waals surface area contributed by atoms with E-state index in [-0.39, 0.29) is 5.82 Å². The Hall–Kier alpha value is -2.67. The minimum atomic E-state index is -0.267. The summed E-state index contributed by atoms with van der Waals surface area (Å²) in [4.78, 5) is 7.64. The molecule has 4 heteroatoms. The number of aromatic amines is 1. The van der Waals surface area contributed by atoms with Crippen molar-refractivity contribution in [2.45, 2.75) is 6.42 Å². The monoisotopic (exact) mass is 251 g/mol. The van der Waals surface area contributed by atoms with Gasteiger partial charge >= 0.3 is 0 Å². The van der Waals surface area contributed by atoms with E-state index in [0.29, 0.717) is 12.2 Å². The first-order chi connectivity index (χ1) is 9.26. The molecule has 2 aromatic carbocycles. The van der Waals surface area contributed by atoms with Gasteiger partial charge in [-0.25, -0.2) is 9.37 Å². The van der Waals surface area contributed by atoms with Crippen LogP contribution in [0.4, 0.5) is 4.39 Å². The second kappa shape index (κ2) is 4.54. The van der Waals surface area contributed by atoms with E-state index >= 15 is 0 Å². The predicted molar refractivity (Wildman–Crippen MR) is 70.8 cm³/mol. The standard InChI is InChI=1S/C15H10FN3/c16-12-4-2-11(3-5-12)15-18-13-6-1-10(7-8-17)9-14(13)19-15/h1-6,9H,7H2,(H,18,19). The molecular formula is C15H10FN3. The van der Waals surface area contributed by atoms with Crippen molar-refractivity contribution in [1.29, 1.82) is 5.26 Å². The molecule has 1 heterocycles. The lowest BCUT2D eigenvalue weighted by Gasteiger charge is -1.95. The molecule has 0 saturated heterocycles. The highest BCUT2D eigenvalue weighted by atomic mass is 19.1. The summed E-state index contributed by atoms with van der Waals surface area (Å²) in [6.45, 7) is 0. The number of benzene rings is 2. The first-order valence-electron chi connectivity index (χ1n) is 5.88. The van der Waals surface area contributed by atoms with Gasteiger partial charge in [0.1, 0.15) is 11.6 Å². The zero-order chi connectivity index (χ0) is 13.2. The molecule has 0 unspecified atom stereocenters. The molecule has 3 nitrogen and oxygen atoms in total. The highest BCUT2D eigenvalue weighted by Crippen LogP contribution is 2.21. The molecule has 0 atom stereocenters. The summed E-state index contributed by atoms with van der Waals surface area (Å²) in [5, 5.41) is 8.69. The average molecular weight is 251 g/mol. The Bertz CT molecular complexity index is 766. The number of halogens is 1. The number of hydrogen-bond acceptors (Lipinski definition) is 2. The van der Waals surface area contributed by atoms with Gasteiger partial charge < -0.3 is 4.98 Å². The van der Waals surface area contributed by atoms with Gasteiger partial charge in [-0.05, 0) is 42.0 Å². The first-order valence-corrected chi connectivity index (χ1v) is 5.88. The van der Waals surface area contributed by atoms with Crippen molar-refractivity contribution in [3.05, 3.63) is 53.8 Å². The van der Waals surface area contributed by atoms with E-state index in [9.17, 15) is 4.39 Å². The summed E-state index contributed by atoms with van der Waals surface area (Å²) in [7, 11) is 0. The Morgan fingerprint density at radius 1 is 1.16 bits per heavy atom. The number of H-pyrrole nitrogens is 1. The predicted octanol–water partition coefficient (Wildman–Crippen LogP) is 3.44. The van der Waals surface area contributed by atoms with Crippen molar-refractivity contribution in [3.8, 4) is 17.5 Å². The second-order valence-corrected chi connectivity index (χ2v) is 4.28. The lowest BCUT2D eigenvalue weighted by atomic mass is 10.1. The number of nitrogens with zero attached hydrogens (tertiary/aromatic N) is 2. The smallest absolute Gasteiger partial charge is 0.138 e. The minimum absolute atomic E-state index is 0.267. The number of fused-ring (bicyclic) bond motifs is 1. The van der Waals surface area contributed by atoms with Crippen LogP contribution < -0.4 is 0 Å². The van der Waals surface area contributed by atoms with Gasteiger partial charge in [-0.1, -0.05) is 6.07 Å². The molecule has 0 spiro atoms. The summed E-state index contributed by atoms with van der Waals surface area (Å²) < 4.78 is 12.9. The van der Waals surface area contributed by atoms with Gasteiger partial charge in [0.25, 0.3) is 0 Å². The van der Waals surface area contributed by atoms with E-state index in [2.05, 4.69) is 16.0 Å². The van der Waals surface area contributed by atoms with Gasteiger partial charge in [0.15, 0.2) is 0 Å². The summed E-state index contributed by atoms with van der Waals surface area (Å²) >= 11 is 0. The molecule has 0 aliphatic carbocycles. The molecule has 0 amide bonds. The molecule has 3 aromatic rings. The molecule has 0 bridgehead atoms. The van der Waals surface area contributed by atoms with Crippen molar-refractivity contribution >= 4 is 11.0 Å². The first kappa shape index (κ1) is 11.4. The Morgan fingerprint density at radius 2 is 1.95 bits per heavy atom. The molecule has 3 rings (SSSR count). The lowest BCUT2D eigenvalue weighted by Crippen LogP contribution is -1.81. The van der Waals surface area contributed by atoms with Crippen LogP contribution >= 0.6 is 0 Å². The number of rotatable bonds is 2. The quantitative estimate of drug-likeness (QED) is 0.758. The zero-order valence-corrected chi connectivity index (χ0v) is 10.0. The van der Waals surface area contributed by atoms with Crippen molar-refractivity contribution in [2.24, 2.45) is 0 Å². The zero-order valence-electron chi connectivity index (χ0n) is 10.0. The van der Waals surface area contributed by atoms with Gasteiger partial charge in [-0.15, -0.1) is 0 Å². The van der Waals surface area contributed by atoms with Crippen LogP contribution in [0.2, 0.25) is 0 Å². The SMILES string of the molecule is N#CCc1ccc2nc(-c3ccc(F)cc3)[nH]c2c1. The molecule has 1 N–H and O–H groups in total. The summed E-state index contributed by atoms with van der Waals surface area (Å²) in [5.74, 6) is 0.431. The molecular weight excluding hydrogens is 241 g/mol. The normalized spacial score (nSPS) is 10.5. The van der Waals surface area contributed by atoms with Crippen LogP contribution in [0.15, 0.2) is 42.5 Å². The fraction of sp³-hybridized carbons (Fsp3) is 0.0667. The highest BCUT2D eigenvalue weighted by Gasteiger charge is 2.06. The van der Waals surface area contributed by atoms with Crippen molar-refractivity contribution in [2.75, 3.05) is 0 Å². The van der Waals surface area contributed by atoms with Crippen LogP contribution in [0.5, 0.6) is 0 Å². The Balaban J connectivity index is 2.06. The maximum absolute atomic E-state index is 12.9. The number of nitrogens with one attached hydrogen (secondary N) is 1. The number of hydrogen-bond donors (Lipinski definition) is 1. The third-order valence-electron chi connectivity index (χ3n) is 2.95. The Kier molecular flexibility index (Phi) is 2.73. The number of nitriles is 1. The van der Waals surface area contributed by atoms with E-state index in [1.807, 2.05) is 18.2 Å². The molecule has 1 aromatic heterocycles. The maximum atomic E-state index is 12.9. The molecule has 92 valence electrons. The van der Waals surface area contributed by atoms with Crippen LogP contribution in [0.3, 0.4) is 0 Å². The van der Waals surface area contributed by atoms with Crippen LogP contribution in [-0.4, -0.2) is 9.97 Å². The highest BCUT2D eigenvalue weighted by molar-refractivity contribution is 5.80. The molecule has 0 fully saturated rings. The van der Waals surface area contributed by atoms with Crippen molar-refractivity contribution in [1.82, 2.24) is 9.97 Å². The van der Waals surface area contributed by atoms with E-state index in [0.717, 1.165) is 22.2 Å². The van der Waals surface area contributed by atoms with E-state index < -0.39 is 0 Å².